The zero-order valence-corrected chi connectivity index (χ0v) is 17.9. The Kier molecular flexibility index (Phi) is 7.49. The summed E-state index contributed by atoms with van der Waals surface area (Å²) in [7, 11) is 1.72. The molecule has 29 heavy (non-hydrogen) atoms. The number of unbranched alkanes of at least 4 members (excludes halogenated alkanes) is 1. The summed E-state index contributed by atoms with van der Waals surface area (Å²) in [6.07, 6.45) is 1.58. The molecule has 2 aliphatic rings. The Balaban J connectivity index is 1.58. The third-order valence-corrected chi connectivity index (χ3v) is 5.72. The van der Waals surface area contributed by atoms with E-state index in [9.17, 15) is 9.18 Å². The van der Waals surface area contributed by atoms with Gasteiger partial charge in [-0.3, -0.25) is 9.80 Å². The van der Waals surface area contributed by atoms with E-state index >= 15 is 0 Å². The van der Waals surface area contributed by atoms with Gasteiger partial charge in [0.2, 0.25) is 0 Å². The Labute approximate surface area is 177 Å². The molecule has 2 aliphatic heterocycles. The number of piperazine rings is 1. The van der Waals surface area contributed by atoms with E-state index in [-0.39, 0.29) is 11.9 Å². The van der Waals surface area contributed by atoms with Crippen LogP contribution < -0.4 is 20.4 Å². The van der Waals surface area contributed by atoms with E-state index in [1.165, 1.54) is 23.8 Å². The van der Waals surface area contributed by atoms with Crippen LogP contribution in [0, 0.1) is 5.82 Å². The smallest absolute Gasteiger partial charge is 0.414 e. The quantitative estimate of drug-likeness (QED) is 0.652. The molecule has 1 amide bonds. The topological polar surface area (TPSA) is 60.1 Å². The van der Waals surface area contributed by atoms with Crippen molar-refractivity contribution < 1.29 is 13.9 Å². The number of thiocarbonyl (C=S) groups is 1. The van der Waals surface area contributed by atoms with Gasteiger partial charge < -0.3 is 20.3 Å². The molecule has 0 spiro atoms. The van der Waals surface area contributed by atoms with Crippen molar-refractivity contribution in [2.45, 2.75) is 25.9 Å². The predicted molar refractivity (Wildman–Crippen MR) is 117 cm³/mol. The number of nitrogens with one attached hydrogen (secondary N) is 2. The van der Waals surface area contributed by atoms with Gasteiger partial charge in [-0.05, 0) is 43.4 Å². The number of hydrogen-bond acceptors (Lipinski definition) is 5. The molecule has 3 rings (SSSR count). The number of carbonyl (C=O) groups is 1. The molecule has 2 heterocycles. The van der Waals surface area contributed by atoms with Crippen molar-refractivity contribution in [1.29, 1.82) is 0 Å². The minimum atomic E-state index is -0.469. The van der Waals surface area contributed by atoms with Crippen LogP contribution in [0.25, 0.3) is 0 Å². The average molecular weight is 424 g/mol. The summed E-state index contributed by atoms with van der Waals surface area (Å²) >= 11 is 5.03. The highest BCUT2D eigenvalue weighted by atomic mass is 32.1. The van der Waals surface area contributed by atoms with Crippen molar-refractivity contribution in [2.24, 2.45) is 0 Å². The molecule has 1 atom stereocenters. The van der Waals surface area contributed by atoms with Gasteiger partial charge in [0.1, 0.15) is 11.9 Å². The Morgan fingerprint density at radius 3 is 2.72 bits per heavy atom. The van der Waals surface area contributed by atoms with Gasteiger partial charge in [0.05, 0.1) is 24.5 Å². The van der Waals surface area contributed by atoms with Crippen LogP contribution >= 0.6 is 12.2 Å². The third-order valence-electron chi connectivity index (χ3n) is 5.38. The SMILES string of the molecule is CCCCN1CCN(c2ccc(N3C[C@H](CNC(=S)NC)OC3=O)cc2F)CC1. The molecule has 0 aromatic heterocycles. The molecule has 1 aromatic carbocycles. The van der Waals surface area contributed by atoms with Crippen LogP contribution in [-0.4, -0.2) is 75.1 Å². The van der Waals surface area contributed by atoms with Gasteiger partial charge in [-0.25, -0.2) is 9.18 Å². The van der Waals surface area contributed by atoms with Gasteiger partial charge in [-0.1, -0.05) is 13.3 Å². The van der Waals surface area contributed by atoms with Crippen molar-refractivity contribution in [3.05, 3.63) is 24.0 Å². The summed E-state index contributed by atoms with van der Waals surface area (Å²) in [5.41, 5.74) is 1.10. The van der Waals surface area contributed by atoms with Crippen LogP contribution in [0.1, 0.15) is 19.8 Å². The van der Waals surface area contributed by atoms with Crippen LogP contribution in [0.2, 0.25) is 0 Å². The first-order valence-electron chi connectivity index (χ1n) is 10.2. The summed E-state index contributed by atoms with van der Waals surface area (Å²) < 4.78 is 20.2. The Morgan fingerprint density at radius 2 is 2.07 bits per heavy atom. The number of rotatable bonds is 7. The number of hydrogen-bond donors (Lipinski definition) is 2. The summed E-state index contributed by atoms with van der Waals surface area (Å²) in [5, 5.41) is 6.28. The van der Waals surface area contributed by atoms with Gasteiger partial charge in [0.25, 0.3) is 0 Å². The lowest BCUT2D eigenvalue weighted by Crippen LogP contribution is -2.46. The van der Waals surface area contributed by atoms with E-state index in [0.29, 0.717) is 29.6 Å². The fraction of sp³-hybridized carbons (Fsp3) is 0.600. The molecular formula is C20H30FN5O2S. The minimum absolute atomic E-state index is 0.310. The second-order valence-corrected chi connectivity index (χ2v) is 7.80. The van der Waals surface area contributed by atoms with E-state index in [2.05, 4.69) is 27.4 Å². The minimum Gasteiger partial charge on any atom is -0.442 e. The zero-order valence-electron chi connectivity index (χ0n) is 17.1. The van der Waals surface area contributed by atoms with Crippen LogP contribution in [-0.2, 0) is 4.74 Å². The van der Waals surface area contributed by atoms with Crippen LogP contribution in [0.3, 0.4) is 0 Å². The highest BCUT2D eigenvalue weighted by Crippen LogP contribution is 2.28. The standard InChI is InChI=1S/C20H30FN5O2S/c1-3-4-7-24-8-10-25(11-9-24)18-6-5-15(12-17(18)21)26-14-16(28-20(26)27)13-23-19(29)22-2/h5-6,12,16H,3-4,7-11,13-14H2,1-2H3,(H2,22,23,29)/t16-/m0/s1. The summed E-state index contributed by atoms with van der Waals surface area (Å²) in [5.74, 6) is -0.310. The van der Waals surface area contributed by atoms with Gasteiger partial charge in [-0.2, -0.15) is 0 Å². The molecule has 9 heteroatoms. The Morgan fingerprint density at radius 1 is 1.31 bits per heavy atom. The number of carbonyl (C=O) groups excluding carboxylic acids is 1. The first-order valence-corrected chi connectivity index (χ1v) is 10.6. The van der Waals surface area contributed by atoms with E-state index in [1.54, 1.807) is 19.2 Å². The molecule has 2 N–H and O–H groups in total. The lowest BCUT2D eigenvalue weighted by Gasteiger charge is -2.36. The number of halogens is 1. The van der Waals surface area contributed by atoms with Gasteiger partial charge in [-0.15, -0.1) is 0 Å². The maximum absolute atomic E-state index is 14.8. The second-order valence-electron chi connectivity index (χ2n) is 7.39. The van der Waals surface area contributed by atoms with Gasteiger partial charge >= 0.3 is 6.09 Å². The second kappa shape index (κ2) is 10.1. The van der Waals surface area contributed by atoms with Crippen molar-refractivity contribution in [2.75, 3.05) is 62.7 Å². The van der Waals surface area contributed by atoms with Crippen LogP contribution in [0.15, 0.2) is 18.2 Å². The summed E-state index contributed by atoms with van der Waals surface area (Å²) in [4.78, 5) is 18.2. The summed E-state index contributed by atoms with van der Waals surface area (Å²) in [6, 6.07) is 4.98. The normalized spacial score (nSPS) is 20.0. The largest absolute Gasteiger partial charge is 0.442 e. The molecule has 0 unspecified atom stereocenters. The molecular weight excluding hydrogens is 393 g/mol. The molecule has 0 aliphatic carbocycles. The van der Waals surface area contributed by atoms with Crippen molar-refractivity contribution in [3.63, 3.8) is 0 Å². The van der Waals surface area contributed by atoms with E-state index in [1.807, 2.05) is 0 Å². The first-order chi connectivity index (χ1) is 14.0. The number of cyclic esters (lactones) is 1. The lowest BCUT2D eigenvalue weighted by molar-refractivity contribution is 0.143. The fourth-order valence-electron chi connectivity index (χ4n) is 3.65. The molecule has 160 valence electrons. The molecule has 0 saturated carbocycles. The maximum Gasteiger partial charge on any atom is 0.414 e. The molecule has 2 saturated heterocycles. The lowest BCUT2D eigenvalue weighted by atomic mass is 10.2. The van der Waals surface area contributed by atoms with E-state index < -0.39 is 6.09 Å². The molecule has 7 nitrogen and oxygen atoms in total. The van der Waals surface area contributed by atoms with E-state index in [4.69, 9.17) is 17.0 Å². The predicted octanol–water partition coefficient (Wildman–Crippen LogP) is 2.17. The third kappa shape index (κ3) is 5.48. The van der Waals surface area contributed by atoms with Gasteiger partial charge in [0.15, 0.2) is 5.11 Å². The number of benzene rings is 1. The number of nitrogens with zero attached hydrogens (tertiary/aromatic N) is 3. The zero-order chi connectivity index (χ0) is 20.8. The molecule has 0 bridgehead atoms. The average Bonchev–Trinajstić information content (AvgIpc) is 3.11. The first kappa shape index (κ1) is 21.6. The fourth-order valence-corrected chi connectivity index (χ4v) is 3.73. The van der Waals surface area contributed by atoms with Gasteiger partial charge in [0, 0.05) is 33.2 Å². The van der Waals surface area contributed by atoms with Crippen LogP contribution in [0.5, 0.6) is 0 Å². The van der Waals surface area contributed by atoms with Crippen molar-refractivity contribution in [3.8, 4) is 0 Å². The molecule has 0 radical (unpaired) electrons. The highest BCUT2D eigenvalue weighted by Gasteiger charge is 2.33. The highest BCUT2D eigenvalue weighted by molar-refractivity contribution is 7.80. The van der Waals surface area contributed by atoms with E-state index in [0.717, 1.165) is 32.7 Å². The van der Waals surface area contributed by atoms with Crippen molar-refractivity contribution in [1.82, 2.24) is 15.5 Å². The van der Waals surface area contributed by atoms with Crippen molar-refractivity contribution >= 4 is 34.8 Å². The molecule has 1 aromatic rings. The summed E-state index contributed by atoms with van der Waals surface area (Å²) in [6.45, 7) is 7.58. The maximum atomic E-state index is 14.8. The Hall–Kier alpha value is -2.13. The molecule has 2 fully saturated rings. The van der Waals surface area contributed by atoms with Crippen LogP contribution in [0.4, 0.5) is 20.6 Å². The number of anilines is 2. The number of ether oxygens (including phenoxy) is 1. The Bertz CT molecular complexity index is 727. The number of amides is 1. The monoisotopic (exact) mass is 423 g/mol.